The van der Waals surface area contributed by atoms with E-state index in [-0.39, 0.29) is 11.5 Å². The van der Waals surface area contributed by atoms with E-state index < -0.39 is 6.04 Å². The summed E-state index contributed by atoms with van der Waals surface area (Å²) >= 11 is 1.62. The molecule has 2 heterocycles. The van der Waals surface area contributed by atoms with E-state index in [1.807, 2.05) is 6.92 Å². The Morgan fingerprint density at radius 3 is 3.00 bits per heavy atom. The quantitative estimate of drug-likeness (QED) is 0.806. The number of aryl methyl sites for hydroxylation is 1. The number of aromatic nitrogens is 2. The summed E-state index contributed by atoms with van der Waals surface area (Å²) < 4.78 is 6.55. The molecule has 0 N–H and O–H groups in total. The maximum Gasteiger partial charge on any atom is 0.329 e. The van der Waals surface area contributed by atoms with E-state index >= 15 is 0 Å². The van der Waals surface area contributed by atoms with E-state index in [4.69, 9.17) is 4.74 Å². The second-order valence-electron chi connectivity index (χ2n) is 6.17. The van der Waals surface area contributed by atoms with Crippen molar-refractivity contribution < 1.29 is 9.53 Å². The molecule has 2 atom stereocenters. The Bertz CT molecular complexity index is 793. The van der Waals surface area contributed by atoms with Crippen molar-refractivity contribution in [3.05, 3.63) is 27.1 Å². The summed E-state index contributed by atoms with van der Waals surface area (Å²) in [6.07, 6.45) is 5.05. The van der Waals surface area contributed by atoms with Crippen LogP contribution in [0.5, 0.6) is 0 Å². The summed E-state index contributed by atoms with van der Waals surface area (Å²) in [7, 11) is 0. The van der Waals surface area contributed by atoms with E-state index in [0.717, 1.165) is 29.7 Å². The van der Waals surface area contributed by atoms with Gasteiger partial charge in [-0.3, -0.25) is 9.36 Å². The van der Waals surface area contributed by atoms with E-state index in [0.29, 0.717) is 24.3 Å². The number of rotatable bonds is 4. The second-order valence-corrected chi connectivity index (χ2v) is 7.25. The molecule has 23 heavy (non-hydrogen) atoms. The first-order valence-electron chi connectivity index (χ1n) is 8.24. The van der Waals surface area contributed by atoms with Gasteiger partial charge < -0.3 is 4.74 Å². The number of nitrogens with zero attached hydrogens (tertiary/aromatic N) is 2. The highest BCUT2D eigenvalue weighted by molar-refractivity contribution is 7.18. The molecule has 0 unspecified atom stereocenters. The molecule has 2 aromatic rings. The third-order valence-corrected chi connectivity index (χ3v) is 5.68. The molecule has 0 radical (unpaired) electrons. The fraction of sp³-hybridized carbons (Fsp3) is 0.588. The number of thiophene rings is 1. The summed E-state index contributed by atoms with van der Waals surface area (Å²) in [5.74, 6) is 0.289. The maximum absolute atomic E-state index is 13.0. The van der Waals surface area contributed by atoms with Crippen LogP contribution in [0.4, 0.5) is 0 Å². The van der Waals surface area contributed by atoms with Crippen molar-refractivity contribution in [2.24, 2.45) is 5.92 Å². The van der Waals surface area contributed by atoms with Crippen LogP contribution in [0.25, 0.3) is 10.2 Å². The maximum atomic E-state index is 13.0. The second kappa shape index (κ2) is 6.43. The molecule has 124 valence electrons. The van der Waals surface area contributed by atoms with Gasteiger partial charge in [-0.15, -0.1) is 11.3 Å². The highest BCUT2D eigenvalue weighted by atomic mass is 32.1. The van der Waals surface area contributed by atoms with Gasteiger partial charge in [-0.25, -0.2) is 9.78 Å². The van der Waals surface area contributed by atoms with Crippen LogP contribution in [0, 0.1) is 5.92 Å². The van der Waals surface area contributed by atoms with E-state index in [9.17, 15) is 9.59 Å². The Balaban J connectivity index is 2.12. The molecular formula is C17H22N2O3S. The Morgan fingerprint density at radius 1 is 1.52 bits per heavy atom. The first-order chi connectivity index (χ1) is 11.1. The molecule has 2 aromatic heterocycles. The molecule has 0 fully saturated rings. The van der Waals surface area contributed by atoms with Gasteiger partial charge in [-0.05, 0) is 44.1 Å². The van der Waals surface area contributed by atoms with Gasteiger partial charge in [0.15, 0.2) is 0 Å². The van der Waals surface area contributed by atoms with Gasteiger partial charge in [0.1, 0.15) is 10.9 Å². The van der Waals surface area contributed by atoms with E-state index in [1.54, 1.807) is 18.3 Å². The molecule has 6 heteroatoms. The minimum Gasteiger partial charge on any atom is -0.464 e. The van der Waals surface area contributed by atoms with Crippen molar-refractivity contribution in [2.75, 3.05) is 6.61 Å². The molecule has 1 aliphatic rings. The molecule has 0 bridgehead atoms. The minimum atomic E-state index is -0.600. The Morgan fingerprint density at radius 2 is 2.30 bits per heavy atom. The zero-order valence-corrected chi connectivity index (χ0v) is 14.6. The number of carbonyl (C=O) groups is 1. The van der Waals surface area contributed by atoms with Gasteiger partial charge >= 0.3 is 5.97 Å². The van der Waals surface area contributed by atoms with Crippen molar-refractivity contribution in [1.29, 1.82) is 0 Å². The predicted octanol–water partition coefficient (Wildman–Crippen LogP) is 3.10. The molecule has 0 aliphatic heterocycles. The van der Waals surface area contributed by atoms with E-state index in [2.05, 4.69) is 11.9 Å². The summed E-state index contributed by atoms with van der Waals surface area (Å²) in [6.45, 7) is 6.20. The topological polar surface area (TPSA) is 61.2 Å². The lowest BCUT2D eigenvalue weighted by molar-refractivity contribution is -0.147. The van der Waals surface area contributed by atoms with Crippen LogP contribution in [0.15, 0.2) is 11.1 Å². The van der Waals surface area contributed by atoms with Crippen molar-refractivity contribution in [2.45, 2.75) is 52.5 Å². The van der Waals surface area contributed by atoms with Crippen LogP contribution in [0.1, 0.15) is 50.1 Å². The van der Waals surface area contributed by atoms with Gasteiger partial charge in [0.2, 0.25) is 0 Å². The number of ether oxygens (including phenoxy) is 1. The first kappa shape index (κ1) is 16.2. The number of carbonyl (C=O) groups excluding carboxylic acids is 1. The molecule has 0 saturated heterocycles. The van der Waals surface area contributed by atoms with Crippen LogP contribution < -0.4 is 5.56 Å². The highest BCUT2D eigenvalue weighted by Crippen LogP contribution is 2.35. The van der Waals surface area contributed by atoms with Gasteiger partial charge in [0, 0.05) is 4.88 Å². The fourth-order valence-corrected chi connectivity index (χ4v) is 4.62. The fourth-order valence-electron chi connectivity index (χ4n) is 3.28. The third kappa shape index (κ3) is 2.80. The monoisotopic (exact) mass is 334 g/mol. The predicted molar refractivity (Wildman–Crippen MR) is 91.0 cm³/mol. The van der Waals surface area contributed by atoms with Gasteiger partial charge in [0.25, 0.3) is 5.56 Å². The SMILES string of the molecule is CCOC(=O)[C@@H](CC)n1cnc2sc3c(c2c1=O)CC[C@@H](C)C3. The molecule has 3 rings (SSSR count). The molecule has 0 amide bonds. The van der Waals surface area contributed by atoms with Crippen molar-refractivity contribution >= 4 is 27.5 Å². The van der Waals surface area contributed by atoms with Crippen LogP contribution in [-0.2, 0) is 22.4 Å². The Kier molecular flexibility index (Phi) is 4.53. The summed E-state index contributed by atoms with van der Waals surface area (Å²) in [4.78, 5) is 31.6. The van der Waals surface area contributed by atoms with Gasteiger partial charge in [-0.2, -0.15) is 0 Å². The zero-order chi connectivity index (χ0) is 16.6. The largest absolute Gasteiger partial charge is 0.464 e. The van der Waals surface area contributed by atoms with Crippen molar-refractivity contribution in [3.8, 4) is 0 Å². The van der Waals surface area contributed by atoms with Crippen LogP contribution in [-0.4, -0.2) is 22.1 Å². The summed E-state index contributed by atoms with van der Waals surface area (Å²) in [5, 5.41) is 0.710. The average Bonchev–Trinajstić information content (AvgIpc) is 2.88. The van der Waals surface area contributed by atoms with Crippen LogP contribution in [0.3, 0.4) is 0 Å². The molecule has 0 saturated carbocycles. The average molecular weight is 334 g/mol. The van der Waals surface area contributed by atoms with E-state index in [1.165, 1.54) is 15.8 Å². The van der Waals surface area contributed by atoms with Crippen LogP contribution in [0.2, 0.25) is 0 Å². The first-order valence-corrected chi connectivity index (χ1v) is 9.06. The number of esters is 1. The standard InChI is InChI=1S/C17H22N2O3S/c1-4-12(17(21)22-5-2)19-9-18-15-14(16(19)20)11-7-6-10(3)8-13(11)23-15/h9-10,12H,4-8H2,1-3H3/t10-,12-/m1/s1. The van der Waals surface area contributed by atoms with Crippen molar-refractivity contribution in [1.82, 2.24) is 9.55 Å². The third-order valence-electron chi connectivity index (χ3n) is 4.52. The summed E-state index contributed by atoms with van der Waals surface area (Å²) in [6, 6.07) is -0.600. The molecule has 0 aromatic carbocycles. The molecular weight excluding hydrogens is 312 g/mol. The number of hydrogen-bond donors (Lipinski definition) is 0. The van der Waals surface area contributed by atoms with Gasteiger partial charge in [-0.1, -0.05) is 13.8 Å². The Labute approximate surface area is 139 Å². The zero-order valence-electron chi connectivity index (χ0n) is 13.8. The van der Waals surface area contributed by atoms with Crippen LogP contribution >= 0.6 is 11.3 Å². The lowest BCUT2D eigenvalue weighted by atomic mass is 9.89. The van der Waals surface area contributed by atoms with Gasteiger partial charge in [0.05, 0.1) is 18.3 Å². The number of hydrogen-bond acceptors (Lipinski definition) is 5. The molecule has 1 aliphatic carbocycles. The Hall–Kier alpha value is -1.69. The lowest BCUT2D eigenvalue weighted by Crippen LogP contribution is -2.31. The number of fused-ring (bicyclic) bond motifs is 3. The minimum absolute atomic E-state index is 0.109. The smallest absolute Gasteiger partial charge is 0.329 e. The summed E-state index contributed by atoms with van der Waals surface area (Å²) in [5.41, 5.74) is 1.04. The lowest BCUT2D eigenvalue weighted by Gasteiger charge is -2.18. The molecule has 0 spiro atoms. The normalized spacial score (nSPS) is 18.7. The highest BCUT2D eigenvalue weighted by Gasteiger charge is 2.26. The molecule has 5 nitrogen and oxygen atoms in total. The van der Waals surface area contributed by atoms with Crippen molar-refractivity contribution in [3.63, 3.8) is 0 Å².